The Morgan fingerprint density at radius 3 is 2.73 bits per heavy atom. The number of hydrogen-bond acceptors (Lipinski definition) is 2. The molecule has 1 aromatic carbocycles. The molecular weight excluding hydrogens is 270 g/mol. The third-order valence-corrected chi connectivity index (χ3v) is 5.14. The number of hydrogen-bond donors (Lipinski definition) is 2. The molecule has 22 heavy (non-hydrogen) atoms. The zero-order chi connectivity index (χ0) is 15.0. The van der Waals surface area contributed by atoms with Crippen molar-refractivity contribution in [1.29, 1.82) is 5.26 Å². The Kier molecular flexibility index (Phi) is 3.04. The van der Waals surface area contributed by atoms with Gasteiger partial charge in [-0.3, -0.25) is 0 Å². The molecule has 4 rings (SSSR count). The van der Waals surface area contributed by atoms with E-state index < -0.39 is 0 Å². The molecule has 0 amide bonds. The van der Waals surface area contributed by atoms with Crippen molar-refractivity contribution in [2.24, 2.45) is 0 Å². The monoisotopic (exact) mass is 289 g/mol. The van der Waals surface area contributed by atoms with Gasteiger partial charge >= 0.3 is 0 Å². The van der Waals surface area contributed by atoms with Crippen molar-refractivity contribution in [3.05, 3.63) is 53.9 Å². The standard InChI is InChI=1S/C19H19N3/c20-11-8-18-19(9-2-1-3-10-19)15-13-14(6-7-17(15)22-18)16-5-4-12-21-16/h4-8,12-13,21-22H,1-3,9-10H2. The molecule has 110 valence electrons. The first-order valence-corrected chi connectivity index (χ1v) is 7.99. The number of nitriles is 1. The summed E-state index contributed by atoms with van der Waals surface area (Å²) in [5, 5.41) is 12.6. The van der Waals surface area contributed by atoms with Gasteiger partial charge in [0.1, 0.15) is 0 Å². The summed E-state index contributed by atoms with van der Waals surface area (Å²) < 4.78 is 0. The highest BCUT2D eigenvalue weighted by Crippen LogP contribution is 2.52. The first kappa shape index (κ1) is 13.2. The fourth-order valence-electron chi connectivity index (χ4n) is 4.07. The molecule has 1 aliphatic heterocycles. The van der Waals surface area contributed by atoms with E-state index in [4.69, 9.17) is 5.26 Å². The van der Waals surface area contributed by atoms with Crippen LogP contribution in [0.1, 0.15) is 37.7 Å². The number of rotatable bonds is 1. The minimum atomic E-state index is 0.0198. The van der Waals surface area contributed by atoms with E-state index in [2.05, 4.69) is 40.6 Å². The lowest BCUT2D eigenvalue weighted by molar-refractivity contribution is 0.350. The van der Waals surface area contributed by atoms with Gasteiger partial charge < -0.3 is 10.3 Å². The molecule has 2 N–H and O–H groups in total. The van der Waals surface area contributed by atoms with Gasteiger partial charge in [-0.25, -0.2) is 0 Å². The molecule has 2 aliphatic rings. The van der Waals surface area contributed by atoms with Crippen LogP contribution in [0.4, 0.5) is 5.69 Å². The Bertz CT molecular complexity index is 756. The average Bonchev–Trinajstić information content (AvgIpc) is 3.17. The predicted molar refractivity (Wildman–Crippen MR) is 88.3 cm³/mol. The van der Waals surface area contributed by atoms with Crippen LogP contribution in [-0.2, 0) is 5.41 Å². The number of fused-ring (bicyclic) bond motifs is 2. The highest BCUT2D eigenvalue weighted by atomic mass is 15.0. The van der Waals surface area contributed by atoms with Gasteiger partial charge in [0.25, 0.3) is 0 Å². The molecule has 2 aromatic rings. The number of nitrogens with zero attached hydrogens (tertiary/aromatic N) is 1. The molecule has 1 fully saturated rings. The van der Waals surface area contributed by atoms with Crippen LogP contribution in [0.5, 0.6) is 0 Å². The van der Waals surface area contributed by atoms with E-state index >= 15 is 0 Å². The van der Waals surface area contributed by atoms with Crippen LogP contribution < -0.4 is 5.32 Å². The topological polar surface area (TPSA) is 51.6 Å². The van der Waals surface area contributed by atoms with Gasteiger partial charge in [-0.15, -0.1) is 0 Å². The molecule has 0 unspecified atom stereocenters. The summed E-state index contributed by atoms with van der Waals surface area (Å²) in [7, 11) is 0. The molecule has 1 aliphatic carbocycles. The van der Waals surface area contributed by atoms with Crippen molar-refractivity contribution in [2.45, 2.75) is 37.5 Å². The van der Waals surface area contributed by atoms with Crippen molar-refractivity contribution in [3.63, 3.8) is 0 Å². The fourth-order valence-corrected chi connectivity index (χ4v) is 4.07. The maximum Gasteiger partial charge on any atom is 0.0930 e. The summed E-state index contributed by atoms with van der Waals surface area (Å²) in [6, 6.07) is 13.0. The van der Waals surface area contributed by atoms with E-state index in [0.717, 1.165) is 24.2 Å². The van der Waals surface area contributed by atoms with Crippen molar-refractivity contribution in [2.75, 3.05) is 5.32 Å². The van der Waals surface area contributed by atoms with Gasteiger partial charge in [0.15, 0.2) is 0 Å². The third-order valence-electron chi connectivity index (χ3n) is 5.14. The van der Waals surface area contributed by atoms with Crippen molar-refractivity contribution in [1.82, 2.24) is 4.98 Å². The van der Waals surface area contributed by atoms with E-state index in [-0.39, 0.29) is 5.41 Å². The van der Waals surface area contributed by atoms with Gasteiger partial charge in [-0.05, 0) is 48.2 Å². The van der Waals surface area contributed by atoms with E-state index in [0.29, 0.717) is 0 Å². The van der Waals surface area contributed by atoms with Crippen molar-refractivity contribution >= 4 is 5.69 Å². The molecular formula is C19H19N3. The smallest absolute Gasteiger partial charge is 0.0930 e. The van der Waals surface area contributed by atoms with Gasteiger partial charge in [0, 0.05) is 34.8 Å². The quantitative estimate of drug-likeness (QED) is 0.746. The predicted octanol–water partition coefficient (Wildman–Crippen LogP) is 4.72. The molecule has 0 bridgehead atoms. The van der Waals surface area contributed by atoms with E-state index in [9.17, 15) is 0 Å². The van der Waals surface area contributed by atoms with E-state index in [1.54, 1.807) is 6.08 Å². The average molecular weight is 289 g/mol. The van der Waals surface area contributed by atoms with Crippen molar-refractivity contribution in [3.8, 4) is 17.3 Å². The first-order valence-electron chi connectivity index (χ1n) is 7.99. The van der Waals surface area contributed by atoms with Gasteiger partial charge in [0.2, 0.25) is 0 Å². The maximum atomic E-state index is 9.15. The molecule has 0 radical (unpaired) electrons. The number of allylic oxidation sites excluding steroid dienone is 2. The van der Waals surface area contributed by atoms with Crippen LogP contribution in [0.15, 0.2) is 48.3 Å². The Morgan fingerprint density at radius 2 is 2.00 bits per heavy atom. The second kappa shape index (κ2) is 5.06. The van der Waals surface area contributed by atoms with Crippen LogP contribution in [0.3, 0.4) is 0 Å². The van der Waals surface area contributed by atoms with Gasteiger partial charge in [0.05, 0.1) is 6.07 Å². The Morgan fingerprint density at radius 1 is 1.14 bits per heavy atom. The zero-order valence-electron chi connectivity index (χ0n) is 12.5. The van der Waals surface area contributed by atoms with Gasteiger partial charge in [-0.2, -0.15) is 5.26 Å². The highest BCUT2D eigenvalue weighted by Gasteiger charge is 2.43. The fraction of sp³-hybridized carbons (Fsp3) is 0.316. The summed E-state index contributed by atoms with van der Waals surface area (Å²) in [6.07, 6.45) is 9.70. The normalized spacial score (nSPS) is 20.6. The summed E-state index contributed by atoms with van der Waals surface area (Å²) in [5.41, 5.74) is 6.00. The number of aromatic nitrogens is 1. The number of aromatic amines is 1. The maximum absolute atomic E-state index is 9.15. The molecule has 1 spiro atoms. The summed E-state index contributed by atoms with van der Waals surface area (Å²) in [6.45, 7) is 0. The number of H-pyrrole nitrogens is 1. The lowest BCUT2D eigenvalue weighted by Crippen LogP contribution is -2.29. The van der Waals surface area contributed by atoms with Crippen LogP contribution in [0, 0.1) is 11.3 Å². The highest BCUT2D eigenvalue weighted by molar-refractivity contribution is 5.74. The number of nitrogens with one attached hydrogen (secondary N) is 2. The summed E-state index contributed by atoms with van der Waals surface area (Å²) >= 11 is 0. The lowest BCUT2D eigenvalue weighted by atomic mass is 9.68. The summed E-state index contributed by atoms with van der Waals surface area (Å²) in [4.78, 5) is 3.28. The van der Waals surface area contributed by atoms with E-state index in [1.807, 2.05) is 12.3 Å². The molecule has 1 saturated carbocycles. The molecule has 1 aromatic heterocycles. The first-order chi connectivity index (χ1) is 10.8. The second-order valence-electron chi connectivity index (χ2n) is 6.30. The Labute approximate surface area is 130 Å². The molecule has 0 saturated heterocycles. The summed E-state index contributed by atoms with van der Waals surface area (Å²) in [5.74, 6) is 0. The van der Waals surface area contributed by atoms with Crippen LogP contribution in [0.25, 0.3) is 11.3 Å². The van der Waals surface area contributed by atoms with Crippen LogP contribution in [0.2, 0.25) is 0 Å². The van der Waals surface area contributed by atoms with Gasteiger partial charge in [-0.1, -0.05) is 25.3 Å². The number of benzene rings is 1. The molecule has 2 heterocycles. The Hall–Kier alpha value is -2.47. The number of anilines is 1. The van der Waals surface area contributed by atoms with Crippen molar-refractivity contribution < 1.29 is 0 Å². The zero-order valence-corrected chi connectivity index (χ0v) is 12.5. The largest absolute Gasteiger partial charge is 0.361 e. The molecule has 3 nitrogen and oxygen atoms in total. The van der Waals surface area contributed by atoms with Crippen LogP contribution >= 0.6 is 0 Å². The minimum Gasteiger partial charge on any atom is -0.361 e. The minimum absolute atomic E-state index is 0.0198. The molecule has 0 atom stereocenters. The third kappa shape index (κ3) is 1.88. The van der Waals surface area contributed by atoms with E-state index in [1.165, 1.54) is 36.1 Å². The Balaban J connectivity index is 1.86. The second-order valence-corrected chi connectivity index (χ2v) is 6.30. The molecule has 3 heteroatoms. The lowest BCUT2D eigenvalue weighted by Gasteiger charge is -2.34. The SMILES string of the molecule is N#CC=C1Nc2ccc(-c3ccc[nH]3)cc2C12CCCCC2. The van der Waals surface area contributed by atoms with Crippen LogP contribution in [-0.4, -0.2) is 4.98 Å².